The third-order valence-electron chi connectivity index (χ3n) is 2.09. The Morgan fingerprint density at radius 3 is 3.00 bits per heavy atom. The van der Waals surface area contributed by atoms with Crippen molar-refractivity contribution in [1.29, 1.82) is 5.26 Å². The van der Waals surface area contributed by atoms with E-state index in [4.69, 9.17) is 5.26 Å². The van der Waals surface area contributed by atoms with Gasteiger partial charge in [0.15, 0.2) is 0 Å². The average Bonchev–Trinajstić information content (AvgIpc) is 2.27. The Bertz CT molecular complexity index is 427. The predicted octanol–water partition coefficient (Wildman–Crippen LogP) is 1.45. The fourth-order valence-corrected chi connectivity index (χ4v) is 1.29. The van der Waals surface area contributed by atoms with Gasteiger partial charge in [0.2, 0.25) is 5.95 Å². The van der Waals surface area contributed by atoms with Crippen LogP contribution in [0.5, 0.6) is 0 Å². The number of hydrogen-bond donors (Lipinski definition) is 0. The molecule has 0 saturated heterocycles. The van der Waals surface area contributed by atoms with E-state index >= 15 is 0 Å². The Kier molecular flexibility index (Phi) is 3.95. The molecular formula is C11H12FN3O. The van der Waals surface area contributed by atoms with Crippen LogP contribution in [0.25, 0.3) is 0 Å². The number of aromatic nitrogens is 1. The number of hydrogen-bond acceptors (Lipinski definition) is 3. The quantitative estimate of drug-likeness (QED) is 0.726. The van der Waals surface area contributed by atoms with Crippen molar-refractivity contribution in [2.24, 2.45) is 5.92 Å². The number of nitrogens with zero attached hydrogens (tertiary/aromatic N) is 3. The van der Waals surface area contributed by atoms with E-state index in [0.717, 1.165) is 6.07 Å². The summed E-state index contributed by atoms with van der Waals surface area (Å²) in [6.07, 6.45) is 1.24. The van der Waals surface area contributed by atoms with Gasteiger partial charge in [-0.15, -0.1) is 0 Å². The van der Waals surface area contributed by atoms with Crippen molar-refractivity contribution in [1.82, 2.24) is 9.88 Å². The molecule has 0 bridgehead atoms. The van der Waals surface area contributed by atoms with Crippen LogP contribution in [0, 0.1) is 23.2 Å². The van der Waals surface area contributed by atoms with Crippen LogP contribution < -0.4 is 0 Å². The van der Waals surface area contributed by atoms with Gasteiger partial charge in [-0.05, 0) is 13.0 Å². The van der Waals surface area contributed by atoms with Crippen LogP contribution >= 0.6 is 0 Å². The minimum atomic E-state index is -0.687. The molecule has 1 amide bonds. The summed E-state index contributed by atoms with van der Waals surface area (Å²) in [5.41, 5.74) is 0.236. The van der Waals surface area contributed by atoms with Gasteiger partial charge < -0.3 is 4.90 Å². The molecule has 0 spiro atoms. The Morgan fingerprint density at radius 1 is 1.75 bits per heavy atom. The average molecular weight is 221 g/mol. The molecule has 1 heterocycles. The molecule has 84 valence electrons. The lowest BCUT2D eigenvalue weighted by molar-refractivity contribution is 0.0784. The number of carbonyl (C=O) groups is 1. The number of halogens is 1. The molecule has 0 N–H and O–H groups in total. The van der Waals surface area contributed by atoms with Gasteiger partial charge in [0.25, 0.3) is 5.91 Å². The largest absolute Gasteiger partial charge is 0.340 e. The standard InChI is InChI=1S/C11H12FN3O/c1-8(6-13)7-15(2)11(16)9-3-4-14-10(12)5-9/h3-5,8H,7H2,1-2H3. The van der Waals surface area contributed by atoms with Crippen LogP contribution in [0.15, 0.2) is 18.3 Å². The Hall–Kier alpha value is -1.96. The normalized spacial score (nSPS) is 11.6. The topological polar surface area (TPSA) is 57.0 Å². The van der Waals surface area contributed by atoms with Gasteiger partial charge in [-0.1, -0.05) is 0 Å². The van der Waals surface area contributed by atoms with Crippen LogP contribution in [-0.4, -0.2) is 29.4 Å². The van der Waals surface area contributed by atoms with Gasteiger partial charge >= 0.3 is 0 Å². The van der Waals surface area contributed by atoms with Gasteiger partial charge in [0.05, 0.1) is 12.0 Å². The first-order valence-electron chi connectivity index (χ1n) is 4.81. The molecule has 0 aliphatic rings. The van der Waals surface area contributed by atoms with E-state index in [9.17, 15) is 9.18 Å². The van der Waals surface area contributed by atoms with E-state index in [1.54, 1.807) is 14.0 Å². The second-order valence-corrected chi connectivity index (χ2v) is 3.58. The van der Waals surface area contributed by atoms with Crippen LogP contribution in [0.2, 0.25) is 0 Å². The lowest BCUT2D eigenvalue weighted by Gasteiger charge is -2.18. The lowest BCUT2D eigenvalue weighted by Crippen LogP contribution is -2.30. The summed E-state index contributed by atoms with van der Waals surface area (Å²) in [6.45, 7) is 2.04. The molecule has 0 aliphatic carbocycles. The maximum absolute atomic E-state index is 12.8. The molecule has 0 fully saturated rings. The maximum atomic E-state index is 12.8. The summed E-state index contributed by atoms with van der Waals surface area (Å²) in [4.78, 5) is 16.5. The summed E-state index contributed by atoms with van der Waals surface area (Å²) < 4.78 is 12.8. The summed E-state index contributed by atoms with van der Waals surface area (Å²) >= 11 is 0. The number of carbonyl (C=O) groups excluding carboxylic acids is 1. The molecule has 16 heavy (non-hydrogen) atoms. The maximum Gasteiger partial charge on any atom is 0.253 e. The summed E-state index contributed by atoms with van der Waals surface area (Å²) in [6, 6.07) is 4.56. The van der Waals surface area contributed by atoms with Gasteiger partial charge in [-0.3, -0.25) is 4.79 Å². The smallest absolute Gasteiger partial charge is 0.253 e. The fourth-order valence-electron chi connectivity index (χ4n) is 1.29. The predicted molar refractivity (Wildman–Crippen MR) is 55.9 cm³/mol. The highest BCUT2D eigenvalue weighted by molar-refractivity contribution is 5.93. The molecule has 0 aromatic carbocycles. The first-order valence-corrected chi connectivity index (χ1v) is 4.81. The summed E-state index contributed by atoms with van der Waals surface area (Å²) in [5.74, 6) is -1.25. The van der Waals surface area contributed by atoms with Gasteiger partial charge in [0, 0.05) is 31.4 Å². The second kappa shape index (κ2) is 5.21. The zero-order valence-electron chi connectivity index (χ0n) is 9.14. The zero-order chi connectivity index (χ0) is 12.1. The summed E-state index contributed by atoms with van der Waals surface area (Å²) in [5, 5.41) is 8.62. The molecule has 0 radical (unpaired) electrons. The van der Waals surface area contributed by atoms with Crippen LogP contribution in [0.1, 0.15) is 17.3 Å². The van der Waals surface area contributed by atoms with Crippen molar-refractivity contribution in [2.75, 3.05) is 13.6 Å². The third-order valence-corrected chi connectivity index (χ3v) is 2.09. The van der Waals surface area contributed by atoms with Gasteiger partial charge in [0.1, 0.15) is 0 Å². The van der Waals surface area contributed by atoms with Crippen molar-refractivity contribution in [3.05, 3.63) is 29.8 Å². The second-order valence-electron chi connectivity index (χ2n) is 3.58. The minimum absolute atomic E-state index is 0.236. The van der Waals surface area contributed by atoms with Gasteiger partial charge in [-0.2, -0.15) is 9.65 Å². The van der Waals surface area contributed by atoms with Crippen molar-refractivity contribution >= 4 is 5.91 Å². The third kappa shape index (κ3) is 3.02. The van der Waals surface area contributed by atoms with E-state index in [1.165, 1.54) is 17.2 Å². The first-order chi connectivity index (χ1) is 7.54. The number of amides is 1. The zero-order valence-corrected chi connectivity index (χ0v) is 9.14. The molecule has 4 nitrogen and oxygen atoms in total. The fraction of sp³-hybridized carbons (Fsp3) is 0.364. The van der Waals surface area contributed by atoms with Crippen molar-refractivity contribution in [3.8, 4) is 6.07 Å². The Labute approximate surface area is 93.3 Å². The molecule has 1 aromatic rings. The SMILES string of the molecule is CC(C#N)CN(C)C(=O)c1ccnc(F)c1. The molecule has 0 saturated carbocycles. The molecule has 1 atom stereocenters. The van der Waals surface area contributed by atoms with Gasteiger partial charge in [-0.25, -0.2) is 4.98 Å². The van der Waals surface area contributed by atoms with Crippen LogP contribution in [-0.2, 0) is 0 Å². The van der Waals surface area contributed by atoms with Crippen LogP contribution in [0.4, 0.5) is 4.39 Å². The monoisotopic (exact) mass is 221 g/mol. The highest BCUT2D eigenvalue weighted by Crippen LogP contribution is 2.06. The number of nitriles is 1. The molecular weight excluding hydrogens is 209 g/mol. The van der Waals surface area contributed by atoms with E-state index in [0.29, 0.717) is 6.54 Å². The van der Waals surface area contributed by atoms with E-state index in [2.05, 4.69) is 4.98 Å². The Morgan fingerprint density at radius 2 is 2.44 bits per heavy atom. The Balaban J connectivity index is 2.75. The van der Waals surface area contributed by atoms with Crippen molar-refractivity contribution < 1.29 is 9.18 Å². The summed E-state index contributed by atoms with van der Waals surface area (Å²) in [7, 11) is 1.58. The minimum Gasteiger partial charge on any atom is -0.340 e. The first kappa shape index (κ1) is 12.1. The number of pyridine rings is 1. The molecule has 1 aromatic heterocycles. The molecule has 5 heteroatoms. The van der Waals surface area contributed by atoms with E-state index < -0.39 is 5.95 Å². The van der Waals surface area contributed by atoms with Crippen LogP contribution in [0.3, 0.4) is 0 Å². The molecule has 1 rings (SSSR count). The van der Waals surface area contributed by atoms with E-state index in [-0.39, 0.29) is 17.4 Å². The molecule has 1 unspecified atom stereocenters. The molecule has 0 aliphatic heterocycles. The highest BCUT2D eigenvalue weighted by atomic mass is 19.1. The highest BCUT2D eigenvalue weighted by Gasteiger charge is 2.14. The van der Waals surface area contributed by atoms with E-state index in [1.807, 2.05) is 6.07 Å². The van der Waals surface area contributed by atoms with Crippen molar-refractivity contribution in [3.63, 3.8) is 0 Å². The van der Waals surface area contributed by atoms with Crippen molar-refractivity contribution in [2.45, 2.75) is 6.92 Å². The number of rotatable bonds is 3. The lowest BCUT2D eigenvalue weighted by atomic mass is 10.2.